The smallest absolute Gasteiger partial charge is 0.382 e. The van der Waals surface area contributed by atoms with Crippen LogP contribution >= 0.6 is 11.6 Å². The van der Waals surface area contributed by atoms with Crippen molar-refractivity contribution in [2.24, 2.45) is 0 Å². The molecule has 0 spiro atoms. The summed E-state index contributed by atoms with van der Waals surface area (Å²) in [6.07, 6.45) is -0.494. The van der Waals surface area contributed by atoms with Gasteiger partial charge in [-0.25, -0.2) is 0 Å². The van der Waals surface area contributed by atoms with E-state index in [2.05, 4.69) is 20.8 Å². The Balaban J connectivity index is 1.57. The number of rotatable bonds is 4. The summed E-state index contributed by atoms with van der Waals surface area (Å²) >= 11 is 5.84. The molecule has 2 aromatic rings. The standard InChI is InChI=1S/C18H17ClF3N5O/c19-16-14(9-24-27-16)17(28)26-12-5-3-11(4-6-12)25-13-2-1-10(8-23)15(7-13)18(20,21)22/h1-2,7,9,11-12,25H,3-6H2,(H,24,27)(H,26,28). The maximum absolute atomic E-state index is 13.1. The zero-order chi connectivity index (χ0) is 20.3. The van der Waals surface area contributed by atoms with E-state index in [1.807, 2.05) is 0 Å². The molecule has 1 aromatic carbocycles. The summed E-state index contributed by atoms with van der Waals surface area (Å²) in [5.41, 5.74) is -0.747. The molecule has 0 saturated heterocycles. The fourth-order valence-corrected chi connectivity index (χ4v) is 3.46. The Hall–Kier alpha value is -2.73. The average molecular weight is 412 g/mol. The number of nitrogens with one attached hydrogen (secondary N) is 3. The number of hydrogen-bond donors (Lipinski definition) is 3. The van der Waals surface area contributed by atoms with Crippen molar-refractivity contribution in [2.45, 2.75) is 43.9 Å². The molecule has 1 aliphatic rings. The molecule has 0 bridgehead atoms. The largest absolute Gasteiger partial charge is 0.417 e. The van der Waals surface area contributed by atoms with Gasteiger partial charge in [0.1, 0.15) is 5.15 Å². The highest BCUT2D eigenvalue weighted by molar-refractivity contribution is 6.32. The molecule has 28 heavy (non-hydrogen) atoms. The molecule has 1 aromatic heterocycles. The molecular weight excluding hydrogens is 395 g/mol. The first-order valence-electron chi connectivity index (χ1n) is 8.65. The predicted molar refractivity (Wildman–Crippen MR) is 96.9 cm³/mol. The molecule has 3 N–H and O–H groups in total. The van der Waals surface area contributed by atoms with Crippen LogP contribution in [0.25, 0.3) is 0 Å². The van der Waals surface area contributed by atoms with Crippen molar-refractivity contribution >= 4 is 23.2 Å². The van der Waals surface area contributed by atoms with Gasteiger partial charge in [-0.2, -0.15) is 23.5 Å². The Kier molecular flexibility index (Phi) is 5.79. The summed E-state index contributed by atoms with van der Waals surface area (Å²) in [5, 5.41) is 21.2. The third-order valence-electron chi connectivity index (χ3n) is 4.72. The molecule has 1 fully saturated rings. The molecule has 1 amide bonds. The summed E-state index contributed by atoms with van der Waals surface area (Å²) in [4.78, 5) is 12.2. The molecule has 6 nitrogen and oxygen atoms in total. The van der Waals surface area contributed by atoms with Gasteiger partial charge in [-0.3, -0.25) is 9.89 Å². The van der Waals surface area contributed by atoms with Gasteiger partial charge < -0.3 is 10.6 Å². The number of hydrogen-bond acceptors (Lipinski definition) is 4. The molecule has 10 heteroatoms. The van der Waals surface area contributed by atoms with E-state index in [1.165, 1.54) is 18.3 Å². The van der Waals surface area contributed by atoms with Crippen LogP contribution in [-0.2, 0) is 6.18 Å². The number of benzene rings is 1. The highest BCUT2D eigenvalue weighted by Gasteiger charge is 2.34. The summed E-state index contributed by atoms with van der Waals surface area (Å²) in [6, 6.07) is 5.13. The molecule has 0 aliphatic heterocycles. The normalized spacial score (nSPS) is 19.7. The topological polar surface area (TPSA) is 93.6 Å². The fraction of sp³-hybridized carbons (Fsp3) is 0.389. The van der Waals surface area contributed by atoms with Crippen molar-refractivity contribution in [3.8, 4) is 6.07 Å². The van der Waals surface area contributed by atoms with Gasteiger partial charge in [0.25, 0.3) is 5.91 Å². The van der Waals surface area contributed by atoms with E-state index in [-0.39, 0.29) is 28.7 Å². The van der Waals surface area contributed by atoms with Gasteiger partial charge in [-0.1, -0.05) is 11.6 Å². The lowest BCUT2D eigenvalue weighted by Gasteiger charge is -2.30. The van der Waals surface area contributed by atoms with E-state index in [4.69, 9.17) is 16.9 Å². The molecule has 0 atom stereocenters. The van der Waals surface area contributed by atoms with Crippen LogP contribution in [0.2, 0.25) is 5.15 Å². The van der Waals surface area contributed by atoms with E-state index in [0.717, 1.165) is 6.07 Å². The maximum atomic E-state index is 13.1. The van der Waals surface area contributed by atoms with Gasteiger partial charge in [-0.05, 0) is 43.9 Å². The van der Waals surface area contributed by atoms with Crippen molar-refractivity contribution in [3.63, 3.8) is 0 Å². The van der Waals surface area contributed by atoms with Crippen LogP contribution < -0.4 is 10.6 Å². The molecule has 1 saturated carbocycles. The number of carbonyl (C=O) groups excluding carboxylic acids is 1. The Morgan fingerprint density at radius 1 is 1.25 bits per heavy atom. The Morgan fingerprint density at radius 2 is 1.93 bits per heavy atom. The van der Waals surface area contributed by atoms with Crippen molar-refractivity contribution in [3.05, 3.63) is 46.2 Å². The second-order valence-corrected chi connectivity index (χ2v) is 7.01. The van der Waals surface area contributed by atoms with Crippen LogP contribution in [0.15, 0.2) is 24.4 Å². The van der Waals surface area contributed by atoms with E-state index in [9.17, 15) is 18.0 Å². The Bertz CT molecular complexity index is 897. The number of H-pyrrole nitrogens is 1. The first kappa shape index (κ1) is 20.0. The number of anilines is 1. The van der Waals surface area contributed by atoms with Crippen molar-refractivity contribution in [1.82, 2.24) is 15.5 Å². The molecular formula is C18H17ClF3N5O. The highest BCUT2D eigenvalue weighted by Crippen LogP contribution is 2.34. The van der Waals surface area contributed by atoms with Crippen molar-refractivity contribution in [1.29, 1.82) is 5.26 Å². The number of aromatic nitrogens is 2. The minimum Gasteiger partial charge on any atom is -0.382 e. The van der Waals surface area contributed by atoms with E-state index < -0.39 is 17.3 Å². The summed E-state index contributed by atoms with van der Waals surface area (Å²) < 4.78 is 39.2. The van der Waals surface area contributed by atoms with Crippen LogP contribution in [0.1, 0.15) is 47.2 Å². The highest BCUT2D eigenvalue weighted by atomic mass is 35.5. The van der Waals surface area contributed by atoms with Gasteiger partial charge >= 0.3 is 6.18 Å². The van der Waals surface area contributed by atoms with Gasteiger partial charge in [0, 0.05) is 17.8 Å². The second kappa shape index (κ2) is 8.10. The van der Waals surface area contributed by atoms with Gasteiger partial charge in [0.05, 0.1) is 29.0 Å². The average Bonchev–Trinajstić information content (AvgIpc) is 3.08. The predicted octanol–water partition coefficient (Wildman–Crippen LogP) is 4.11. The molecule has 0 radical (unpaired) electrons. The number of aromatic amines is 1. The molecule has 0 unspecified atom stereocenters. The minimum absolute atomic E-state index is 0.0142. The van der Waals surface area contributed by atoms with Crippen LogP contribution in [-0.4, -0.2) is 28.2 Å². The zero-order valence-corrected chi connectivity index (χ0v) is 15.4. The third-order valence-corrected chi connectivity index (χ3v) is 5.00. The second-order valence-electron chi connectivity index (χ2n) is 6.63. The van der Waals surface area contributed by atoms with E-state index >= 15 is 0 Å². The summed E-state index contributed by atoms with van der Waals surface area (Å²) in [5.74, 6) is -0.308. The third kappa shape index (κ3) is 4.57. The van der Waals surface area contributed by atoms with Crippen LogP contribution in [0.3, 0.4) is 0 Å². The lowest BCUT2D eigenvalue weighted by molar-refractivity contribution is -0.137. The monoisotopic (exact) mass is 411 g/mol. The molecule has 148 valence electrons. The molecule has 1 heterocycles. The zero-order valence-electron chi connectivity index (χ0n) is 14.6. The summed E-state index contributed by atoms with van der Waals surface area (Å²) in [7, 11) is 0. The van der Waals surface area contributed by atoms with Crippen molar-refractivity contribution < 1.29 is 18.0 Å². The maximum Gasteiger partial charge on any atom is 0.417 e. The first-order chi connectivity index (χ1) is 13.3. The number of nitriles is 1. The lowest BCUT2D eigenvalue weighted by Crippen LogP contribution is -2.40. The number of halogens is 4. The van der Waals surface area contributed by atoms with Crippen LogP contribution in [0, 0.1) is 11.3 Å². The SMILES string of the molecule is N#Cc1ccc(NC2CCC(NC(=O)c3cn[nH]c3Cl)CC2)cc1C(F)(F)F. The number of nitrogens with zero attached hydrogens (tertiary/aromatic N) is 2. The summed E-state index contributed by atoms with van der Waals surface area (Å²) in [6.45, 7) is 0. The van der Waals surface area contributed by atoms with Crippen LogP contribution in [0.4, 0.5) is 18.9 Å². The number of carbonyl (C=O) groups is 1. The Labute approximate surface area is 164 Å². The van der Waals surface area contributed by atoms with Gasteiger partial charge in [-0.15, -0.1) is 0 Å². The van der Waals surface area contributed by atoms with Gasteiger partial charge in [0.2, 0.25) is 0 Å². The van der Waals surface area contributed by atoms with Gasteiger partial charge in [0.15, 0.2) is 0 Å². The van der Waals surface area contributed by atoms with Crippen LogP contribution in [0.5, 0.6) is 0 Å². The van der Waals surface area contributed by atoms with E-state index in [1.54, 1.807) is 6.07 Å². The lowest BCUT2D eigenvalue weighted by atomic mass is 9.90. The van der Waals surface area contributed by atoms with Crippen molar-refractivity contribution in [2.75, 3.05) is 5.32 Å². The number of alkyl halides is 3. The Morgan fingerprint density at radius 3 is 2.50 bits per heavy atom. The molecule has 1 aliphatic carbocycles. The fourth-order valence-electron chi connectivity index (χ4n) is 3.28. The number of amides is 1. The quantitative estimate of drug-likeness (QED) is 0.705. The first-order valence-corrected chi connectivity index (χ1v) is 9.03. The molecule has 3 rings (SSSR count). The van der Waals surface area contributed by atoms with E-state index in [0.29, 0.717) is 31.4 Å². The minimum atomic E-state index is -4.58.